The quantitative estimate of drug-likeness (QED) is 0.872. The molecule has 1 unspecified atom stereocenters. The van der Waals surface area contributed by atoms with Crippen LogP contribution in [0, 0.1) is 5.92 Å². The maximum Gasteiger partial charge on any atom is 0.234 e. The number of benzene rings is 1. The number of hydrogen-bond acceptors (Lipinski definition) is 2. The summed E-state index contributed by atoms with van der Waals surface area (Å²) in [5.74, 6) is 0.725. The molecule has 3 heteroatoms. The van der Waals surface area contributed by atoms with Crippen LogP contribution in [0.4, 0.5) is 5.69 Å². The second-order valence-electron chi connectivity index (χ2n) is 6.35. The molecule has 0 radical (unpaired) electrons. The van der Waals surface area contributed by atoms with Crippen molar-refractivity contribution < 1.29 is 4.79 Å². The molecular weight excluding hydrogens is 236 g/mol. The summed E-state index contributed by atoms with van der Waals surface area (Å²) in [5, 5.41) is 6.33. The maximum atomic E-state index is 12.0. The second kappa shape index (κ2) is 4.97. The molecule has 19 heavy (non-hydrogen) atoms. The Morgan fingerprint density at radius 1 is 1.32 bits per heavy atom. The predicted molar refractivity (Wildman–Crippen MR) is 79.4 cm³/mol. The van der Waals surface area contributed by atoms with E-state index in [1.54, 1.807) is 0 Å². The van der Waals surface area contributed by atoms with Crippen molar-refractivity contribution in [3.8, 4) is 0 Å². The van der Waals surface area contributed by atoms with Crippen LogP contribution in [0.15, 0.2) is 18.2 Å². The first kappa shape index (κ1) is 14.1. The van der Waals surface area contributed by atoms with E-state index in [0.29, 0.717) is 12.0 Å². The lowest BCUT2D eigenvalue weighted by Gasteiger charge is -2.21. The second-order valence-corrected chi connectivity index (χ2v) is 6.35. The summed E-state index contributed by atoms with van der Waals surface area (Å²) < 4.78 is 0. The Bertz CT molecular complexity index is 492. The van der Waals surface area contributed by atoms with E-state index in [1.807, 2.05) is 27.0 Å². The molecule has 0 bridgehead atoms. The van der Waals surface area contributed by atoms with E-state index in [9.17, 15) is 4.79 Å². The fraction of sp³-hybridized carbons (Fsp3) is 0.562. The van der Waals surface area contributed by atoms with E-state index in [2.05, 4.69) is 36.6 Å². The lowest BCUT2D eigenvalue weighted by atomic mass is 9.84. The number of anilines is 1. The molecule has 0 saturated heterocycles. The summed E-state index contributed by atoms with van der Waals surface area (Å²) >= 11 is 0. The van der Waals surface area contributed by atoms with Crippen LogP contribution >= 0.6 is 0 Å². The highest BCUT2D eigenvalue weighted by Crippen LogP contribution is 2.39. The van der Waals surface area contributed by atoms with Crippen LogP contribution < -0.4 is 10.6 Å². The Morgan fingerprint density at radius 3 is 2.58 bits per heavy atom. The van der Waals surface area contributed by atoms with Gasteiger partial charge in [-0.25, -0.2) is 0 Å². The van der Waals surface area contributed by atoms with Crippen molar-refractivity contribution in [2.45, 2.75) is 45.6 Å². The molecular formula is C16H24N2O. The largest absolute Gasteiger partial charge is 0.325 e. The number of rotatable bonds is 4. The highest BCUT2D eigenvalue weighted by molar-refractivity contribution is 6.05. The molecule has 0 saturated carbocycles. The minimum atomic E-state index is -0.429. The normalized spacial score (nSPS) is 18.3. The van der Waals surface area contributed by atoms with Crippen molar-refractivity contribution in [1.29, 1.82) is 0 Å². The molecule has 0 aliphatic carbocycles. The average molecular weight is 260 g/mol. The highest BCUT2D eigenvalue weighted by Gasteiger charge is 2.38. The molecule has 1 aromatic carbocycles. The van der Waals surface area contributed by atoms with Gasteiger partial charge in [-0.3, -0.25) is 4.79 Å². The van der Waals surface area contributed by atoms with Crippen molar-refractivity contribution in [1.82, 2.24) is 5.32 Å². The zero-order valence-corrected chi connectivity index (χ0v) is 12.5. The molecule has 2 N–H and O–H groups in total. The van der Waals surface area contributed by atoms with Gasteiger partial charge in [0.1, 0.15) is 0 Å². The molecule has 1 aromatic rings. The Labute approximate surface area is 115 Å². The lowest BCUT2D eigenvalue weighted by Crippen LogP contribution is -2.27. The topological polar surface area (TPSA) is 41.1 Å². The summed E-state index contributed by atoms with van der Waals surface area (Å²) in [6.07, 6.45) is 1.09. The van der Waals surface area contributed by atoms with Crippen molar-refractivity contribution in [2.75, 3.05) is 12.4 Å². The van der Waals surface area contributed by atoms with Crippen LogP contribution in [-0.4, -0.2) is 13.0 Å². The van der Waals surface area contributed by atoms with Crippen LogP contribution in [-0.2, 0) is 10.2 Å². The van der Waals surface area contributed by atoms with E-state index in [0.717, 1.165) is 17.7 Å². The number of carbonyl (C=O) groups excluding carboxylic acids is 1. The molecule has 1 aliphatic heterocycles. The predicted octanol–water partition coefficient (Wildman–Crippen LogP) is 3.22. The van der Waals surface area contributed by atoms with Crippen molar-refractivity contribution >= 4 is 11.6 Å². The van der Waals surface area contributed by atoms with E-state index < -0.39 is 5.41 Å². The third-order valence-corrected chi connectivity index (χ3v) is 3.99. The van der Waals surface area contributed by atoms with Gasteiger partial charge < -0.3 is 10.6 Å². The first-order valence-electron chi connectivity index (χ1n) is 6.99. The molecule has 2 rings (SSSR count). The minimum Gasteiger partial charge on any atom is -0.325 e. The van der Waals surface area contributed by atoms with Crippen LogP contribution in [0.2, 0.25) is 0 Å². The zero-order chi connectivity index (χ0) is 14.2. The van der Waals surface area contributed by atoms with E-state index in [4.69, 9.17) is 0 Å². The molecule has 0 spiro atoms. The van der Waals surface area contributed by atoms with Gasteiger partial charge in [-0.15, -0.1) is 0 Å². The molecule has 0 fully saturated rings. The molecule has 3 nitrogen and oxygen atoms in total. The number of hydrogen-bond donors (Lipinski definition) is 2. The standard InChI is InChI=1S/C16H24N2O/c1-10(2)8-14(17-5)11-6-7-13-12(9-11)16(3,4)15(19)18-13/h6-7,9-10,14,17H,8H2,1-5H3,(H,18,19). The van der Waals surface area contributed by atoms with Gasteiger partial charge in [-0.1, -0.05) is 26.0 Å². The summed E-state index contributed by atoms with van der Waals surface area (Å²) in [7, 11) is 1.99. The van der Waals surface area contributed by atoms with Gasteiger partial charge in [0.05, 0.1) is 5.41 Å². The monoisotopic (exact) mass is 260 g/mol. The van der Waals surface area contributed by atoms with Gasteiger partial charge in [-0.2, -0.15) is 0 Å². The molecule has 0 aromatic heterocycles. The van der Waals surface area contributed by atoms with Gasteiger partial charge >= 0.3 is 0 Å². The van der Waals surface area contributed by atoms with Crippen molar-refractivity contribution in [2.24, 2.45) is 5.92 Å². The van der Waals surface area contributed by atoms with Crippen LogP contribution in [0.25, 0.3) is 0 Å². The summed E-state index contributed by atoms with van der Waals surface area (Å²) in [4.78, 5) is 12.0. The van der Waals surface area contributed by atoms with Gasteiger partial charge in [0.15, 0.2) is 0 Å². The molecule has 1 atom stereocenters. The number of amides is 1. The third-order valence-electron chi connectivity index (χ3n) is 3.99. The fourth-order valence-corrected chi connectivity index (χ4v) is 2.70. The third kappa shape index (κ3) is 2.52. The van der Waals surface area contributed by atoms with Crippen LogP contribution in [0.1, 0.15) is 51.3 Å². The molecule has 104 valence electrons. The summed E-state index contributed by atoms with van der Waals surface area (Å²) in [6, 6.07) is 6.67. The number of carbonyl (C=O) groups is 1. The van der Waals surface area contributed by atoms with Crippen LogP contribution in [0.3, 0.4) is 0 Å². The van der Waals surface area contributed by atoms with Gasteiger partial charge in [0.2, 0.25) is 5.91 Å². The van der Waals surface area contributed by atoms with E-state index in [-0.39, 0.29) is 5.91 Å². The molecule has 1 amide bonds. The van der Waals surface area contributed by atoms with E-state index >= 15 is 0 Å². The molecule has 1 heterocycles. The SMILES string of the molecule is CNC(CC(C)C)c1ccc2c(c1)C(C)(C)C(=O)N2. The van der Waals surface area contributed by atoms with Crippen molar-refractivity contribution in [3.05, 3.63) is 29.3 Å². The highest BCUT2D eigenvalue weighted by atomic mass is 16.2. The Kier molecular flexibility index (Phi) is 3.68. The average Bonchev–Trinajstić information content (AvgIpc) is 2.57. The lowest BCUT2D eigenvalue weighted by molar-refractivity contribution is -0.119. The molecule has 1 aliphatic rings. The summed E-state index contributed by atoms with van der Waals surface area (Å²) in [5.41, 5.74) is 2.90. The number of nitrogens with one attached hydrogen (secondary N) is 2. The smallest absolute Gasteiger partial charge is 0.234 e. The van der Waals surface area contributed by atoms with Crippen molar-refractivity contribution in [3.63, 3.8) is 0 Å². The first-order valence-corrected chi connectivity index (χ1v) is 6.99. The Hall–Kier alpha value is -1.35. The van der Waals surface area contributed by atoms with Crippen LogP contribution in [0.5, 0.6) is 0 Å². The fourth-order valence-electron chi connectivity index (χ4n) is 2.70. The van der Waals surface area contributed by atoms with E-state index in [1.165, 1.54) is 5.56 Å². The van der Waals surface area contributed by atoms with Gasteiger partial charge in [0, 0.05) is 11.7 Å². The maximum absolute atomic E-state index is 12.0. The zero-order valence-electron chi connectivity index (χ0n) is 12.5. The van der Waals surface area contributed by atoms with Gasteiger partial charge in [0.25, 0.3) is 0 Å². The minimum absolute atomic E-state index is 0.0875. The Morgan fingerprint density at radius 2 is 2.00 bits per heavy atom. The van der Waals surface area contributed by atoms with Gasteiger partial charge in [-0.05, 0) is 50.4 Å². The first-order chi connectivity index (χ1) is 8.86. The summed E-state index contributed by atoms with van der Waals surface area (Å²) in [6.45, 7) is 8.42. The Balaban J connectivity index is 2.36. The number of fused-ring (bicyclic) bond motifs is 1.